The molecule has 0 fully saturated rings. The molecular weight excluding hydrogens is 947 g/mol. The molecule has 0 radical (unpaired) electrons. The Bertz CT molecular complexity index is 4980. The molecule has 0 saturated heterocycles. The van der Waals surface area contributed by atoms with Crippen molar-refractivity contribution in [3.63, 3.8) is 0 Å². The molecule has 7 heteroatoms. The van der Waals surface area contributed by atoms with Gasteiger partial charge in [-0.2, -0.15) is 0 Å². The maximum Gasteiger partial charge on any atom is 0.167 e. The Morgan fingerprint density at radius 1 is 0.316 bits per heavy atom. The first-order valence-electron chi connectivity index (χ1n) is 25.6. The number of hydrogen-bond acceptors (Lipinski definition) is 5. The van der Waals surface area contributed by atoms with E-state index in [-0.39, 0.29) is 0 Å². The molecule has 5 aromatic heterocycles. The van der Waals surface area contributed by atoms with Gasteiger partial charge in [-0.3, -0.25) is 0 Å². The van der Waals surface area contributed by atoms with Gasteiger partial charge in [-0.1, -0.05) is 170 Å². The lowest BCUT2D eigenvalue weighted by Crippen LogP contribution is -2.01. The van der Waals surface area contributed by atoms with E-state index in [0.29, 0.717) is 23.1 Å². The lowest BCUT2D eigenvalue weighted by Gasteiger charge is -2.13. The number of rotatable bonds is 7. The minimum atomic E-state index is 0.530. The number of fused-ring (bicyclic) bond motifs is 12. The van der Waals surface area contributed by atoms with Gasteiger partial charge >= 0.3 is 0 Å². The smallest absolute Gasteiger partial charge is 0.167 e. The van der Waals surface area contributed by atoms with Crippen molar-refractivity contribution >= 4 is 97.1 Å². The molecule has 16 rings (SSSR count). The third kappa shape index (κ3) is 6.62. The summed E-state index contributed by atoms with van der Waals surface area (Å²) in [7, 11) is 0. The predicted molar refractivity (Wildman–Crippen MR) is 316 cm³/mol. The van der Waals surface area contributed by atoms with Gasteiger partial charge < -0.3 is 13.6 Å². The second-order valence-electron chi connectivity index (χ2n) is 19.5. The van der Waals surface area contributed by atoms with E-state index >= 15 is 0 Å². The van der Waals surface area contributed by atoms with Crippen LogP contribution in [-0.2, 0) is 0 Å². The molecule has 0 aliphatic rings. The van der Waals surface area contributed by atoms with Crippen molar-refractivity contribution in [1.82, 2.24) is 24.1 Å². The number of furan rings is 1. The molecular formula is C69H41N5OS. The second kappa shape index (κ2) is 16.8. The lowest BCUT2D eigenvalue weighted by atomic mass is 10.00. The maximum absolute atomic E-state index is 7.06. The number of nitrogens with zero attached hydrogens (tertiary/aromatic N) is 5. The molecule has 0 atom stereocenters. The van der Waals surface area contributed by atoms with Gasteiger partial charge in [0, 0.05) is 63.9 Å². The van der Waals surface area contributed by atoms with Crippen molar-refractivity contribution < 1.29 is 4.42 Å². The van der Waals surface area contributed by atoms with E-state index in [2.05, 4.69) is 215 Å². The SMILES string of the molecule is c1ccc(-c2ccc(-c3nc(-c4ccccc4)nc(-c4ccc(-n5c6ccc(-c7ccc8sc9ccccc9c8c7)cc6c6cc7c8ccccc8n(-c8ccccc8)c7cc65)c5c4oc4ccccc45)n3)cc2)cc1. The number of para-hydroxylation sites is 3. The number of benzene rings is 11. The summed E-state index contributed by atoms with van der Waals surface area (Å²) >= 11 is 1.85. The van der Waals surface area contributed by atoms with Crippen LogP contribution in [0.25, 0.3) is 154 Å². The Morgan fingerprint density at radius 3 is 1.63 bits per heavy atom. The highest BCUT2D eigenvalue weighted by Crippen LogP contribution is 2.46. The third-order valence-electron chi connectivity index (χ3n) is 15.2. The summed E-state index contributed by atoms with van der Waals surface area (Å²) in [6.45, 7) is 0. The highest BCUT2D eigenvalue weighted by molar-refractivity contribution is 7.25. The molecule has 354 valence electrons. The number of thiophene rings is 1. The standard InChI is InChI=1S/C69H41N5OS/c1-4-16-42(17-5-1)43-28-30-45(31-29-43)68-70-67(44-18-6-2-7-19-44)71-69(72-68)52-34-36-59(65-51-24-11-14-26-62(51)75-66(52)65)74-58-35-32-46(47-33-37-64-56(39-47)50-23-12-15-27-63(50)76-64)38-53(58)55-40-54-49-22-10-13-25-57(49)73(60(54)41-61(55)74)48-20-8-3-9-21-48/h1-41H. The Morgan fingerprint density at radius 2 is 0.842 bits per heavy atom. The quantitative estimate of drug-likeness (QED) is 0.160. The van der Waals surface area contributed by atoms with Gasteiger partial charge in [0.05, 0.1) is 38.7 Å². The fraction of sp³-hybridized carbons (Fsp3) is 0. The summed E-state index contributed by atoms with van der Waals surface area (Å²) in [5.41, 5.74) is 15.3. The van der Waals surface area contributed by atoms with E-state index in [4.69, 9.17) is 19.4 Å². The van der Waals surface area contributed by atoms with Crippen LogP contribution in [0.3, 0.4) is 0 Å². The van der Waals surface area contributed by atoms with E-state index in [1.165, 1.54) is 52.8 Å². The zero-order chi connectivity index (χ0) is 49.8. The van der Waals surface area contributed by atoms with Crippen LogP contribution in [0.15, 0.2) is 253 Å². The molecule has 6 nitrogen and oxygen atoms in total. The molecule has 16 aromatic rings. The van der Waals surface area contributed by atoms with Gasteiger partial charge in [-0.15, -0.1) is 11.3 Å². The van der Waals surface area contributed by atoms with E-state index in [1.54, 1.807) is 0 Å². The summed E-state index contributed by atoms with van der Waals surface area (Å²) < 4.78 is 14.5. The first kappa shape index (κ1) is 42.5. The topological polar surface area (TPSA) is 61.7 Å². The van der Waals surface area contributed by atoms with Crippen molar-refractivity contribution in [2.75, 3.05) is 0 Å². The summed E-state index contributed by atoms with van der Waals surface area (Å²) in [4.78, 5) is 15.7. The van der Waals surface area contributed by atoms with Crippen LogP contribution in [-0.4, -0.2) is 24.1 Å². The minimum Gasteiger partial charge on any atom is -0.455 e. The fourth-order valence-electron chi connectivity index (χ4n) is 11.6. The van der Waals surface area contributed by atoms with Crippen LogP contribution in [0.1, 0.15) is 0 Å². The largest absolute Gasteiger partial charge is 0.455 e. The average Bonchev–Trinajstić information content (AvgIpc) is 4.37. The molecule has 0 aliphatic carbocycles. The van der Waals surface area contributed by atoms with E-state index in [1.807, 2.05) is 53.8 Å². The van der Waals surface area contributed by atoms with Gasteiger partial charge in [0.15, 0.2) is 17.5 Å². The minimum absolute atomic E-state index is 0.530. The Hall–Kier alpha value is -9.95. The van der Waals surface area contributed by atoms with Crippen LogP contribution in [0.5, 0.6) is 0 Å². The van der Waals surface area contributed by atoms with Crippen molar-refractivity contribution in [2.45, 2.75) is 0 Å². The molecule has 11 aromatic carbocycles. The maximum atomic E-state index is 7.06. The zero-order valence-electron chi connectivity index (χ0n) is 40.7. The monoisotopic (exact) mass is 987 g/mol. The van der Waals surface area contributed by atoms with Crippen LogP contribution in [0.4, 0.5) is 0 Å². The fourth-order valence-corrected chi connectivity index (χ4v) is 12.7. The first-order valence-corrected chi connectivity index (χ1v) is 26.4. The molecule has 0 amide bonds. The Balaban J connectivity index is 0.958. The van der Waals surface area contributed by atoms with Gasteiger partial charge in [0.1, 0.15) is 11.2 Å². The predicted octanol–water partition coefficient (Wildman–Crippen LogP) is 18.7. The van der Waals surface area contributed by atoms with E-state index < -0.39 is 0 Å². The summed E-state index contributed by atoms with van der Waals surface area (Å²) in [5.74, 6) is 1.70. The highest BCUT2D eigenvalue weighted by Gasteiger charge is 2.25. The van der Waals surface area contributed by atoms with Crippen LogP contribution < -0.4 is 0 Å². The Kier molecular flexibility index (Phi) is 9.40. The molecule has 0 unspecified atom stereocenters. The van der Waals surface area contributed by atoms with Crippen LogP contribution >= 0.6 is 11.3 Å². The Labute approximate surface area is 439 Å². The lowest BCUT2D eigenvalue weighted by molar-refractivity contribution is 0.669. The van der Waals surface area contributed by atoms with Crippen LogP contribution in [0, 0.1) is 0 Å². The summed E-state index contributed by atoms with van der Waals surface area (Å²) in [6, 6.07) is 88.7. The third-order valence-corrected chi connectivity index (χ3v) is 16.3. The normalized spacial score (nSPS) is 11.9. The summed E-state index contributed by atoms with van der Waals surface area (Å²) in [5, 5.41) is 9.30. The van der Waals surface area contributed by atoms with Gasteiger partial charge in [-0.25, -0.2) is 15.0 Å². The number of aromatic nitrogens is 5. The average molecular weight is 988 g/mol. The van der Waals surface area contributed by atoms with E-state index in [0.717, 1.165) is 77.6 Å². The highest BCUT2D eigenvalue weighted by atomic mass is 32.1. The van der Waals surface area contributed by atoms with Gasteiger partial charge in [-0.05, 0) is 101 Å². The molecule has 0 spiro atoms. The number of hydrogen-bond donors (Lipinski definition) is 0. The summed E-state index contributed by atoms with van der Waals surface area (Å²) in [6.07, 6.45) is 0. The zero-order valence-corrected chi connectivity index (χ0v) is 41.5. The van der Waals surface area contributed by atoms with Crippen molar-refractivity contribution in [3.8, 4) is 67.8 Å². The molecule has 0 bridgehead atoms. The van der Waals surface area contributed by atoms with E-state index in [9.17, 15) is 0 Å². The van der Waals surface area contributed by atoms with Crippen molar-refractivity contribution in [1.29, 1.82) is 0 Å². The molecule has 76 heavy (non-hydrogen) atoms. The van der Waals surface area contributed by atoms with Gasteiger partial charge in [0.2, 0.25) is 0 Å². The molecule has 0 saturated carbocycles. The van der Waals surface area contributed by atoms with Gasteiger partial charge in [0.25, 0.3) is 0 Å². The molecule has 0 aliphatic heterocycles. The second-order valence-corrected chi connectivity index (χ2v) is 20.6. The van der Waals surface area contributed by atoms with Crippen molar-refractivity contribution in [3.05, 3.63) is 249 Å². The van der Waals surface area contributed by atoms with Crippen molar-refractivity contribution in [2.24, 2.45) is 0 Å². The molecule has 5 heterocycles. The molecule has 0 N–H and O–H groups in total. The first-order chi connectivity index (χ1) is 37.7. The van der Waals surface area contributed by atoms with Crippen LogP contribution in [0.2, 0.25) is 0 Å².